The molecule has 2 heterocycles. The predicted octanol–water partition coefficient (Wildman–Crippen LogP) is 2.51. The Labute approximate surface area is 145 Å². The molecule has 0 atom stereocenters. The molecule has 0 unspecified atom stereocenters. The van der Waals surface area contributed by atoms with Crippen LogP contribution in [0.5, 0.6) is 0 Å². The lowest BCUT2D eigenvalue weighted by Crippen LogP contribution is -2.22. The van der Waals surface area contributed by atoms with Crippen LogP contribution in [0.25, 0.3) is 0 Å². The van der Waals surface area contributed by atoms with Gasteiger partial charge in [-0.1, -0.05) is 18.7 Å². The van der Waals surface area contributed by atoms with Crippen LogP contribution in [-0.2, 0) is 24.8 Å². The normalized spacial score (nSPS) is 10.8. The van der Waals surface area contributed by atoms with Gasteiger partial charge in [0.2, 0.25) is 5.91 Å². The molecule has 0 aromatic carbocycles. The van der Waals surface area contributed by atoms with Crippen molar-refractivity contribution in [2.75, 3.05) is 5.75 Å². The summed E-state index contributed by atoms with van der Waals surface area (Å²) in [5, 5.41) is 3.57. The quantitative estimate of drug-likeness (QED) is 0.428. The zero-order valence-corrected chi connectivity index (χ0v) is 14.9. The van der Waals surface area contributed by atoms with E-state index in [2.05, 4.69) is 10.3 Å². The largest absolute Gasteiger partial charge is 0.467 e. The van der Waals surface area contributed by atoms with Gasteiger partial charge in [-0.05, 0) is 31.4 Å². The van der Waals surface area contributed by atoms with E-state index in [0.717, 1.165) is 41.6 Å². The van der Waals surface area contributed by atoms with E-state index in [9.17, 15) is 9.59 Å². The molecule has 0 bridgehead atoms. The van der Waals surface area contributed by atoms with Gasteiger partial charge < -0.3 is 9.73 Å². The van der Waals surface area contributed by atoms with E-state index >= 15 is 0 Å². The summed E-state index contributed by atoms with van der Waals surface area (Å²) in [6.07, 6.45) is 4.53. The number of carbonyl (C=O) groups is 1. The van der Waals surface area contributed by atoms with E-state index in [-0.39, 0.29) is 11.5 Å². The molecule has 0 aliphatic carbocycles. The Bertz CT molecular complexity index is 710. The lowest BCUT2D eigenvalue weighted by molar-refractivity contribution is -0.121. The molecule has 1 N–H and O–H groups in total. The Morgan fingerprint density at radius 3 is 2.96 bits per heavy atom. The molecule has 24 heavy (non-hydrogen) atoms. The second kappa shape index (κ2) is 9.32. The van der Waals surface area contributed by atoms with Crippen LogP contribution in [0, 0.1) is 0 Å². The Balaban J connectivity index is 1.67. The highest BCUT2D eigenvalue weighted by Gasteiger charge is 2.06. The molecule has 0 saturated heterocycles. The Kier molecular flexibility index (Phi) is 7.11. The van der Waals surface area contributed by atoms with Gasteiger partial charge in [0.25, 0.3) is 5.56 Å². The van der Waals surface area contributed by atoms with Crippen molar-refractivity contribution in [1.29, 1.82) is 0 Å². The molecule has 2 aromatic heterocycles. The third-order valence-corrected chi connectivity index (χ3v) is 4.69. The number of unbranched alkanes of at least 4 members (excludes halogenated alkanes) is 1. The van der Waals surface area contributed by atoms with Gasteiger partial charge in [0.05, 0.1) is 12.8 Å². The van der Waals surface area contributed by atoms with Crippen molar-refractivity contribution in [3.63, 3.8) is 0 Å². The maximum atomic E-state index is 11.8. The number of amides is 1. The summed E-state index contributed by atoms with van der Waals surface area (Å²) in [4.78, 5) is 28.0. The Morgan fingerprint density at radius 2 is 2.25 bits per heavy atom. The lowest BCUT2D eigenvalue weighted by atomic mass is 10.2. The van der Waals surface area contributed by atoms with E-state index < -0.39 is 0 Å². The van der Waals surface area contributed by atoms with Crippen molar-refractivity contribution in [2.24, 2.45) is 7.05 Å². The number of nitrogens with one attached hydrogen (secondary N) is 1. The van der Waals surface area contributed by atoms with Crippen LogP contribution in [0.4, 0.5) is 0 Å². The molecule has 7 heteroatoms. The number of carbonyl (C=O) groups excluding carboxylic acids is 1. The fraction of sp³-hybridized carbons (Fsp3) is 0.471. The van der Waals surface area contributed by atoms with Crippen LogP contribution in [0.2, 0.25) is 0 Å². The highest BCUT2D eigenvalue weighted by Crippen LogP contribution is 2.16. The summed E-state index contributed by atoms with van der Waals surface area (Å²) in [6.45, 7) is 2.41. The molecule has 0 aliphatic heterocycles. The van der Waals surface area contributed by atoms with Gasteiger partial charge >= 0.3 is 0 Å². The van der Waals surface area contributed by atoms with Crippen molar-refractivity contribution < 1.29 is 9.21 Å². The van der Waals surface area contributed by atoms with Crippen LogP contribution >= 0.6 is 11.8 Å². The third kappa shape index (κ3) is 5.56. The smallest absolute Gasteiger partial charge is 0.254 e. The van der Waals surface area contributed by atoms with Crippen LogP contribution < -0.4 is 10.9 Å². The van der Waals surface area contributed by atoms with Gasteiger partial charge in [0.15, 0.2) is 5.16 Å². The maximum absolute atomic E-state index is 11.8. The van der Waals surface area contributed by atoms with Crippen molar-refractivity contribution in [1.82, 2.24) is 14.9 Å². The number of rotatable bonds is 9. The number of hydrogen-bond acceptors (Lipinski definition) is 5. The highest BCUT2D eigenvalue weighted by atomic mass is 32.2. The summed E-state index contributed by atoms with van der Waals surface area (Å²) in [7, 11) is 1.74. The first-order chi connectivity index (χ1) is 11.6. The van der Waals surface area contributed by atoms with Gasteiger partial charge in [0, 0.05) is 31.0 Å². The molecule has 0 saturated carbocycles. The van der Waals surface area contributed by atoms with Gasteiger partial charge in [-0.25, -0.2) is 4.98 Å². The molecule has 0 fully saturated rings. The van der Waals surface area contributed by atoms with Crippen LogP contribution in [0.1, 0.15) is 37.6 Å². The highest BCUT2D eigenvalue weighted by molar-refractivity contribution is 7.99. The van der Waals surface area contributed by atoms with Crippen molar-refractivity contribution >= 4 is 17.7 Å². The first kappa shape index (κ1) is 18.3. The molecule has 1 amide bonds. The molecule has 0 radical (unpaired) electrons. The first-order valence-electron chi connectivity index (χ1n) is 8.09. The van der Waals surface area contributed by atoms with Crippen molar-refractivity contribution in [3.05, 3.63) is 46.3 Å². The summed E-state index contributed by atoms with van der Waals surface area (Å²) in [6, 6.07) is 5.21. The zero-order valence-electron chi connectivity index (χ0n) is 14.1. The van der Waals surface area contributed by atoms with E-state index in [1.165, 1.54) is 0 Å². The lowest BCUT2D eigenvalue weighted by Gasteiger charge is -2.08. The molecule has 130 valence electrons. The topological polar surface area (TPSA) is 77.1 Å². The monoisotopic (exact) mass is 349 g/mol. The predicted molar refractivity (Wildman–Crippen MR) is 94.0 cm³/mol. The van der Waals surface area contributed by atoms with Crippen LogP contribution in [0.15, 0.2) is 38.8 Å². The minimum Gasteiger partial charge on any atom is -0.467 e. The van der Waals surface area contributed by atoms with Crippen LogP contribution in [-0.4, -0.2) is 21.2 Å². The van der Waals surface area contributed by atoms with Crippen LogP contribution in [0.3, 0.4) is 0 Å². The van der Waals surface area contributed by atoms with Gasteiger partial charge in [-0.15, -0.1) is 0 Å². The Hall–Kier alpha value is -2.02. The molecule has 2 rings (SSSR count). The number of thioether (sulfide) groups is 1. The Morgan fingerprint density at radius 1 is 1.42 bits per heavy atom. The third-order valence-electron chi connectivity index (χ3n) is 3.58. The molecule has 0 aliphatic rings. The van der Waals surface area contributed by atoms with Gasteiger partial charge in [-0.2, -0.15) is 0 Å². The standard InChI is InChI=1S/C17H23N3O3S/c1-3-13-11-16(22)20(2)17(19-13)24-10-5-4-8-15(21)18-12-14-7-6-9-23-14/h6-7,9,11H,3-5,8,10,12H2,1-2H3,(H,18,21). The molecular weight excluding hydrogens is 326 g/mol. The summed E-state index contributed by atoms with van der Waals surface area (Å²) in [5.41, 5.74) is 0.791. The molecule has 2 aromatic rings. The summed E-state index contributed by atoms with van der Waals surface area (Å²) in [5.74, 6) is 1.61. The average Bonchev–Trinajstić information content (AvgIpc) is 3.09. The summed E-state index contributed by atoms with van der Waals surface area (Å²) < 4.78 is 6.73. The van der Waals surface area contributed by atoms with E-state index in [1.807, 2.05) is 13.0 Å². The molecule has 6 nitrogen and oxygen atoms in total. The van der Waals surface area contributed by atoms with Crippen molar-refractivity contribution in [2.45, 2.75) is 44.3 Å². The minimum atomic E-state index is -0.0262. The molecular formula is C17H23N3O3S. The summed E-state index contributed by atoms with van der Waals surface area (Å²) >= 11 is 1.56. The van der Waals surface area contributed by atoms with E-state index in [0.29, 0.717) is 13.0 Å². The number of furan rings is 1. The second-order valence-corrected chi connectivity index (χ2v) is 6.50. The number of aromatic nitrogens is 2. The van der Waals surface area contributed by atoms with E-state index in [4.69, 9.17) is 4.42 Å². The number of nitrogens with zero attached hydrogens (tertiary/aromatic N) is 2. The molecule has 0 spiro atoms. The SMILES string of the molecule is CCc1cc(=O)n(C)c(SCCCCC(=O)NCc2ccco2)n1. The van der Waals surface area contributed by atoms with Gasteiger partial charge in [0.1, 0.15) is 5.76 Å². The second-order valence-electron chi connectivity index (χ2n) is 5.44. The number of aryl methyl sites for hydroxylation is 1. The average molecular weight is 349 g/mol. The fourth-order valence-corrected chi connectivity index (χ4v) is 3.11. The fourth-order valence-electron chi connectivity index (χ4n) is 2.11. The van der Waals surface area contributed by atoms with E-state index in [1.54, 1.807) is 41.8 Å². The zero-order chi connectivity index (χ0) is 17.4. The van der Waals surface area contributed by atoms with Crippen molar-refractivity contribution in [3.8, 4) is 0 Å². The van der Waals surface area contributed by atoms with Gasteiger partial charge in [-0.3, -0.25) is 14.2 Å². The maximum Gasteiger partial charge on any atom is 0.254 e. The number of hydrogen-bond donors (Lipinski definition) is 1. The minimum absolute atomic E-state index is 0.0231. The first-order valence-corrected chi connectivity index (χ1v) is 9.07.